The molecule has 4 rings (SSSR count). The molecule has 3 N–H and O–H groups in total. The van der Waals surface area contributed by atoms with Gasteiger partial charge in [-0.05, 0) is 49.2 Å². The molecule has 29 heavy (non-hydrogen) atoms. The monoisotopic (exact) mass is 392 g/mol. The first-order chi connectivity index (χ1) is 13.7. The van der Waals surface area contributed by atoms with Crippen LogP contribution in [0.5, 0.6) is 0 Å². The highest BCUT2D eigenvalue weighted by molar-refractivity contribution is 5.92. The van der Waals surface area contributed by atoms with Gasteiger partial charge in [-0.15, -0.1) is 0 Å². The van der Waals surface area contributed by atoms with Crippen molar-refractivity contribution < 1.29 is 13.6 Å². The van der Waals surface area contributed by atoms with Crippen LogP contribution in [-0.2, 0) is 4.79 Å². The van der Waals surface area contributed by atoms with Gasteiger partial charge in [-0.2, -0.15) is 0 Å². The lowest BCUT2D eigenvalue weighted by molar-refractivity contribution is -0.114. The van der Waals surface area contributed by atoms with Crippen LogP contribution >= 0.6 is 0 Å². The fourth-order valence-electron chi connectivity index (χ4n) is 2.95. The van der Waals surface area contributed by atoms with Crippen molar-refractivity contribution in [3.05, 3.63) is 80.5 Å². The van der Waals surface area contributed by atoms with Crippen LogP contribution in [0.1, 0.15) is 18.1 Å². The van der Waals surface area contributed by atoms with Crippen molar-refractivity contribution in [2.75, 3.05) is 11.1 Å². The summed E-state index contributed by atoms with van der Waals surface area (Å²) >= 11 is 0. The number of benzene rings is 2. The third kappa shape index (κ3) is 4.70. The predicted octanol–water partition coefficient (Wildman–Crippen LogP) is 3.74. The fourth-order valence-corrected chi connectivity index (χ4v) is 2.95. The number of fused-ring (bicyclic) bond motifs is 2. The molecular formula is C22H20N2O5. The quantitative estimate of drug-likeness (QED) is 0.377. The van der Waals surface area contributed by atoms with E-state index >= 15 is 0 Å². The Bertz CT molecular complexity index is 1330. The number of anilines is 2. The minimum absolute atomic E-state index is 0.158. The van der Waals surface area contributed by atoms with Crippen molar-refractivity contribution in [1.29, 1.82) is 0 Å². The van der Waals surface area contributed by atoms with Gasteiger partial charge in [0.2, 0.25) is 5.91 Å². The largest absolute Gasteiger partial charge is 0.423 e. The molecule has 148 valence electrons. The zero-order valence-electron chi connectivity index (χ0n) is 16.2. The van der Waals surface area contributed by atoms with Gasteiger partial charge in [0.25, 0.3) is 0 Å². The molecule has 0 aliphatic rings. The second-order valence-corrected chi connectivity index (χ2v) is 6.64. The number of nitrogens with one attached hydrogen (secondary N) is 1. The summed E-state index contributed by atoms with van der Waals surface area (Å²) in [6.45, 7) is 5.14. The molecule has 2 aromatic heterocycles. The molecule has 2 heterocycles. The van der Waals surface area contributed by atoms with E-state index in [1.165, 1.54) is 19.1 Å². The lowest BCUT2D eigenvalue weighted by Crippen LogP contribution is -2.06. The zero-order chi connectivity index (χ0) is 21.1. The number of nitrogen functional groups attached to an aromatic ring is 1. The van der Waals surface area contributed by atoms with E-state index in [9.17, 15) is 14.4 Å². The summed E-state index contributed by atoms with van der Waals surface area (Å²) < 4.78 is 10.0. The minimum Gasteiger partial charge on any atom is -0.423 e. The maximum atomic E-state index is 11.2. The smallest absolute Gasteiger partial charge is 0.336 e. The van der Waals surface area contributed by atoms with E-state index in [0.717, 1.165) is 21.9 Å². The van der Waals surface area contributed by atoms with E-state index in [-0.39, 0.29) is 17.2 Å². The topological polar surface area (TPSA) is 116 Å². The number of hydrogen-bond acceptors (Lipinski definition) is 6. The van der Waals surface area contributed by atoms with Crippen LogP contribution in [0, 0.1) is 13.8 Å². The van der Waals surface area contributed by atoms with E-state index in [1.54, 1.807) is 24.3 Å². The molecule has 0 aliphatic carbocycles. The van der Waals surface area contributed by atoms with Crippen molar-refractivity contribution in [3.63, 3.8) is 0 Å². The molecule has 0 saturated carbocycles. The molecule has 2 aromatic carbocycles. The molecular weight excluding hydrogens is 372 g/mol. The molecule has 0 unspecified atom stereocenters. The molecule has 0 bridgehead atoms. The third-order valence-corrected chi connectivity index (χ3v) is 4.25. The zero-order valence-corrected chi connectivity index (χ0v) is 16.2. The molecule has 4 aromatic rings. The van der Waals surface area contributed by atoms with Crippen LogP contribution < -0.4 is 22.3 Å². The Morgan fingerprint density at radius 1 is 0.828 bits per heavy atom. The third-order valence-electron chi connectivity index (χ3n) is 4.25. The second-order valence-electron chi connectivity index (χ2n) is 6.64. The van der Waals surface area contributed by atoms with Gasteiger partial charge in [0.05, 0.1) is 0 Å². The molecule has 0 atom stereocenters. The Kier molecular flexibility index (Phi) is 5.50. The average molecular weight is 392 g/mol. The number of carbonyl (C=O) groups is 1. The molecule has 0 fully saturated rings. The predicted molar refractivity (Wildman–Crippen MR) is 113 cm³/mol. The molecule has 0 saturated heterocycles. The van der Waals surface area contributed by atoms with Gasteiger partial charge < -0.3 is 19.9 Å². The number of carbonyl (C=O) groups excluding carboxylic acids is 1. The van der Waals surface area contributed by atoms with Crippen LogP contribution in [0.3, 0.4) is 0 Å². The molecule has 1 amide bonds. The van der Waals surface area contributed by atoms with Gasteiger partial charge >= 0.3 is 11.3 Å². The van der Waals surface area contributed by atoms with Crippen LogP contribution in [-0.4, -0.2) is 5.91 Å². The van der Waals surface area contributed by atoms with Gasteiger partial charge in [-0.1, -0.05) is 0 Å². The lowest BCUT2D eigenvalue weighted by atomic mass is 10.1. The van der Waals surface area contributed by atoms with Crippen molar-refractivity contribution in [2.45, 2.75) is 20.8 Å². The minimum atomic E-state index is -0.384. The van der Waals surface area contributed by atoms with E-state index in [1.807, 2.05) is 26.0 Å². The van der Waals surface area contributed by atoms with Crippen molar-refractivity contribution in [3.8, 4) is 0 Å². The SMILES string of the molecule is CC(=O)Nc1ccc2c(C)cc(=O)oc2c1.Cc1cc(=O)oc2cc(N)ccc12. The first kappa shape index (κ1) is 19.9. The van der Waals surface area contributed by atoms with Gasteiger partial charge in [0.1, 0.15) is 11.2 Å². The lowest BCUT2D eigenvalue weighted by Gasteiger charge is -2.04. The fraction of sp³-hybridized carbons (Fsp3) is 0.136. The van der Waals surface area contributed by atoms with Crippen LogP contribution in [0.4, 0.5) is 11.4 Å². The van der Waals surface area contributed by atoms with Gasteiger partial charge in [0.15, 0.2) is 0 Å². The summed E-state index contributed by atoms with van der Waals surface area (Å²) in [7, 11) is 0. The Hall–Kier alpha value is -3.87. The summed E-state index contributed by atoms with van der Waals surface area (Å²) in [5, 5.41) is 4.43. The highest BCUT2D eigenvalue weighted by atomic mass is 16.4. The summed E-state index contributed by atoms with van der Waals surface area (Å²) in [6, 6.07) is 13.4. The molecule has 7 heteroatoms. The van der Waals surface area contributed by atoms with Gasteiger partial charge in [0, 0.05) is 53.3 Å². The standard InChI is InChI=1S/C12H11NO3.C10H9NO2/c1-7-5-12(15)16-11-6-9(13-8(2)14)3-4-10(7)11;1-6-4-10(12)13-9-5-7(11)2-3-8(6)9/h3-6H,1-2H3,(H,13,14);2-5H,11H2,1H3. The van der Waals surface area contributed by atoms with Crippen molar-refractivity contribution in [2.24, 2.45) is 0 Å². The van der Waals surface area contributed by atoms with E-state index in [2.05, 4.69) is 5.32 Å². The normalized spacial score (nSPS) is 10.4. The number of hydrogen-bond donors (Lipinski definition) is 2. The molecule has 0 aliphatic heterocycles. The van der Waals surface area contributed by atoms with E-state index in [0.29, 0.717) is 22.5 Å². The second kappa shape index (κ2) is 8.02. The average Bonchev–Trinajstić information content (AvgIpc) is 2.60. The summed E-state index contributed by atoms with van der Waals surface area (Å²) in [5.41, 5.74) is 8.86. The molecule has 0 radical (unpaired) electrons. The first-order valence-corrected chi connectivity index (χ1v) is 8.85. The van der Waals surface area contributed by atoms with Crippen LogP contribution in [0.2, 0.25) is 0 Å². The van der Waals surface area contributed by atoms with Gasteiger partial charge in [-0.25, -0.2) is 9.59 Å². The van der Waals surface area contributed by atoms with Crippen molar-refractivity contribution >= 4 is 39.2 Å². The number of nitrogens with two attached hydrogens (primary N) is 1. The number of rotatable bonds is 1. The van der Waals surface area contributed by atoms with E-state index < -0.39 is 0 Å². The summed E-state index contributed by atoms with van der Waals surface area (Å²) in [6.07, 6.45) is 0. The van der Waals surface area contributed by atoms with Crippen LogP contribution in [0.15, 0.2) is 67.0 Å². The Morgan fingerprint density at radius 2 is 1.34 bits per heavy atom. The Morgan fingerprint density at radius 3 is 1.90 bits per heavy atom. The van der Waals surface area contributed by atoms with Crippen LogP contribution in [0.25, 0.3) is 21.9 Å². The Balaban J connectivity index is 0.000000169. The number of aryl methyl sites for hydroxylation is 2. The molecule has 7 nitrogen and oxygen atoms in total. The summed E-state index contributed by atoms with van der Waals surface area (Å²) in [5.74, 6) is -0.158. The number of amides is 1. The maximum Gasteiger partial charge on any atom is 0.336 e. The van der Waals surface area contributed by atoms with Crippen molar-refractivity contribution in [1.82, 2.24) is 0 Å². The highest BCUT2D eigenvalue weighted by Crippen LogP contribution is 2.20. The Labute approximate surface area is 165 Å². The maximum absolute atomic E-state index is 11.2. The first-order valence-electron chi connectivity index (χ1n) is 8.85. The van der Waals surface area contributed by atoms with Gasteiger partial charge in [-0.3, -0.25) is 4.79 Å². The van der Waals surface area contributed by atoms with E-state index in [4.69, 9.17) is 14.6 Å². The summed E-state index contributed by atoms with van der Waals surface area (Å²) in [4.78, 5) is 33.1. The highest BCUT2D eigenvalue weighted by Gasteiger charge is 2.04. The molecule has 0 spiro atoms.